The summed E-state index contributed by atoms with van der Waals surface area (Å²) in [4.78, 5) is 39.1. The van der Waals surface area contributed by atoms with Crippen LogP contribution in [0.3, 0.4) is 0 Å². The molecule has 0 aliphatic carbocycles. The maximum Gasteiger partial charge on any atom is 0.314 e. The number of ether oxygens (including phenoxy) is 3. The highest BCUT2D eigenvalue weighted by atomic mass is 16.6. The average molecular weight is 464 g/mol. The molecule has 1 fully saturated rings. The molecule has 2 aromatic rings. The Morgan fingerprint density at radius 2 is 1.62 bits per heavy atom. The molecule has 1 saturated heterocycles. The number of rotatable bonds is 11. The molecule has 4 atom stereocenters. The molecule has 0 spiro atoms. The van der Waals surface area contributed by atoms with Gasteiger partial charge in [0.2, 0.25) is 6.41 Å². The fourth-order valence-electron chi connectivity index (χ4n) is 4.32. The van der Waals surface area contributed by atoms with E-state index >= 15 is 0 Å². The molecule has 1 aliphatic heterocycles. The lowest BCUT2D eigenvalue weighted by molar-refractivity contribution is -0.163. The van der Waals surface area contributed by atoms with Crippen LogP contribution in [0.5, 0.6) is 0 Å². The summed E-state index contributed by atoms with van der Waals surface area (Å²) in [5.41, 5.74) is 0.276. The predicted molar refractivity (Wildman–Crippen MR) is 125 cm³/mol. The number of amides is 1. The maximum atomic E-state index is 13.4. The third-order valence-electron chi connectivity index (χ3n) is 5.89. The molecule has 8 nitrogen and oxygen atoms in total. The van der Waals surface area contributed by atoms with E-state index in [1.54, 1.807) is 7.05 Å². The minimum absolute atomic E-state index is 0.0387. The number of benzene rings is 2. The third-order valence-corrected chi connectivity index (χ3v) is 5.89. The zero-order valence-electron chi connectivity index (χ0n) is 19.4. The zero-order chi connectivity index (χ0) is 24.6. The van der Waals surface area contributed by atoms with E-state index in [1.807, 2.05) is 60.7 Å². The van der Waals surface area contributed by atoms with E-state index in [9.17, 15) is 14.4 Å². The normalized spacial score (nSPS) is 23.8. The van der Waals surface area contributed by atoms with Crippen molar-refractivity contribution in [3.8, 4) is 0 Å². The standard InChI is InChI=1S/C25H29BN2O6/c1-27-16-25(13-20(30)32-14-18-9-5-3-6-10-18)21(22(23(26)34-25)28(2)17-29)24(31)33-15-19-11-7-4-8-12-19/h3-12,17,21-23,27H,13-16H2,1-2H3/t21?,22?,23-,25+/m1/s1. The number of hydrogen-bond acceptors (Lipinski definition) is 7. The van der Waals surface area contributed by atoms with Crippen LogP contribution in [0.1, 0.15) is 17.5 Å². The van der Waals surface area contributed by atoms with Gasteiger partial charge in [0.15, 0.2) is 0 Å². The quantitative estimate of drug-likeness (QED) is 0.306. The van der Waals surface area contributed by atoms with Crippen molar-refractivity contribution in [1.29, 1.82) is 0 Å². The highest BCUT2D eigenvalue weighted by molar-refractivity contribution is 6.12. The largest absolute Gasteiger partial charge is 0.461 e. The Bertz CT molecular complexity index is 960. The number of esters is 2. The lowest BCUT2D eigenvalue weighted by atomic mass is 9.77. The van der Waals surface area contributed by atoms with Crippen molar-refractivity contribution in [3.05, 3.63) is 71.8 Å². The number of hydrogen-bond donors (Lipinski definition) is 1. The lowest BCUT2D eigenvalue weighted by Crippen LogP contribution is -2.54. The van der Waals surface area contributed by atoms with Crippen LogP contribution in [0, 0.1) is 5.92 Å². The van der Waals surface area contributed by atoms with Crippen LogP contribution in [-0.2, 0) is 41.8 Å². The summed E-state index contributed by atoms with van der Waals surface area (Å²) in [6, 6.07) is 16.7. The molecule has 1 heterocycles. The summed E-state index contributed by atoms with van der Waals surface area (Å²) in [6.07, 6.45) is 0.331. The minimum Gasteiger partial charge on any atom is -0.461 e. The molecule has 34 heavy (non-hydrogen) atoms. The zero-order valence-corrected chi connectivity index (χ0v) is 19.4. The van der Waals surface area contributed by atoms with Gasteiger partial charge in [0, 0.05) is 19.6 Å². The molecule has 1 N–H and O–H groups in total. The Kier molecular flexibility index (Phi) is 8.84. The van der Waals surface area contributed by atoms with Gasteiger partial charge in [-0.25, -0.2) is 0 Å². The summed E-state index contributed by atoms with van der Waals surface area (Å²) >= 11 is 0. The fraction of sp³-hybridized carbons (Fsp3) is 0.400. The van der Waals surface area contributed by atoms with Gasteiger partial charge in [-0.3, -0.25) is 14.4 Å². The predicted octanol–water partition coefficient (Wildman–Crippen LogP) is 1.42. The Morgan fingerprint density at radius 1 is 1.06 bits per heavy atom. The topological polar surface area (TPSA) is 94.2 Å². The van der Waals surface area contributed by atoms with Crippen LogP contribution in [0.2, 0.25) is 0 Å². The van der Waals surface area contributed by atoms with E-state index in [1.165, 1.54) is 11.9 Å². The van der Waals surface area contributed by atoms with Gasteiger partial charge >= 0.3 is 11.9 Å². The molecule has 2 radical (unpaired) electrons. The van der Waals surface area contributed by atoms with Gasteiger partial charge in [-0.2, -0.15) is 0 Å². The van der Waals surface area contributed by atoms with Crippen molar-refractivity contribution in [1.82, 2.24) is 10.2 Å². The van der Waals surface area contributed by atoms with Gasteiger partial charge in [-0.15, -0.1) is 0 Å². The smallest absolute Gasteiger partial charge is 0.314 e. The van der Waals surface area contributed by atoms with Crippen molar-refractivity contribution < 1.29 is 28.6 Å². The van der Waals surface area contributed by atoms with Gasteiger partial charge in [0.1, 0.15) is 32.6 Å². The maximum absolute atomic E-state index is 13.4. The van der Waals surface area contributed by atoms with Crippen LogP contribution < -0.4 is 5.32 Å². The second-order valence-electron chi connectivity index (χ2n) is 8.33. The molecule has 0 saturated carbocycles. The SMILES string of the molecule is [B][C@@H]1O[C@](CNC)(CC(=O)OCc2ccccc2)C(C(=O)OCc2ccccc2)C1N(C)C=O. The van der Waals surface area contributed by atoms with Crippen molar-refractivity contribution in [2.24, 2.45) is 5.92 Å². The molecule has 9 heteroatoms. The Morgan fingerprint density at radius 3 is 2.15 bits per heavy atom. The molecule has 178 valence electrons. The van der Waals surface area contributed by atoms with E-state index in [-0.39, 0.29) is 26.2 Å². The van der Waals surface area contributed by atoms with Crippen LogP contribution in [0.4, 0.5) is 0 Å². The molecule has 2 unspecified atom stereocenters. The number of nitrogens with zero attached hydrogens (tertiary/aromatic N) is 1. The fourth-order valence-corrected chi connectivity index (χ4v) is 4.32. The van der Waals surface area contributed by atoms with Gasteiger partial charge in [-0.05, 0) is 18.2 Å². The molecular weight excluding hydrogens is 435 g/mol. The molecule has 1 amide bonds. The third kappa shape index (κ3) is 6.04. The first-order chi connectivity index (χ1) is 16.4. The minimum atomic E-state index is -1.36. The van der Waals surface area contributed by atoms with Gasteiger partial charge in [-0.1, -0.05) is 60.7 Å². The van der Waals surface area contributed by atoms with E-state index in [4.69, 9.17) is 22.1 Å². The summed E-state index contributed by atoms with van der Waals surface area (Å²) in [5, 5.41) is 2.98. The highest BCUT2D eigenvalue weighted by Crippen LogP contribution is 2.41. The summed E-state index contributed by atoms with van der Waals surface area (Å²) < 4.78 is 17.1. The van der Waals surface area contributed by atoms with Crippen LogP contribution in [0.25, 0.3) is 0 Å². The van der Waals surface area contributed by atoms with Gasteiger partial charge in [0.05, 0.1) is 12.5 Å². The Balaban J connectivity index is 1.82. The number of carbonyl (C=O) groups excluding carboxylic acids is 3. The summed E-state index contributed by atoms with van der Waals surface area (Å²) in [5.74, 6) is -2.18. The van der Waals surface area contributed by atoms with E-state index < -0.39 is 35.5 Å². The Labute approximate surface area is 201 Å². The molecule has 2 aromatic carbocycles. The van der Waals surface area contributed by atoms with E-state index in [0.29, 0.717) is 6.41 Å². The molecular formula is C25H29BN2O6. The monoisotopic (exact) mass is 464 g/mol. The summed E-state index contributed by atoms with van der Waals surface area (Å²) in [6.45, 7) is 0.245. The number of carbonyl (C=O) groups is 3. The first-order valence-corrected chi connectivity index (χ1v) is 11.1. The molecule has 1 aliphatic rings. The van der Waals surface area contributed by atoms with Crippen molar-refractivity contribution in [2.45, 2.75) is 37.3 Å². The van der Waals surface area contributed by atoms with Crippen molar-refractivity contribution >= 4 is 26.2 Å². The second kappa shape index (κ2) is 11.8. The molecule has 0 bridgehead atoms. The Hall–Kier alpha value is -3.17. The van der Waals surface area contributed by atoms with Crippen molar-refractivity contribution in [2.75, 3.05) is 20.6 Å². The van der Waals surface area contributed by atoms with Gasteiger partial charge in [0.25, 0.3) is 0 Å². The van der Waals surface area contributed by atoms with Crippen LogP contribution in [-0.4, -0.2) is 69.4 Å². The first kappa shape index (κ1) is 25.5. The number of likely N-dealkylation sites (N-methyl/N-ethyl adjacent to an activating group) is 2. The second-order valence-corrected chi connectivity index (χ2v) is 8.33. The molecule has 0 aromatic heterocycles. The lowest BCUT2D eigenvalue weighted by Gasteiger charge is -2.35. The number of nitrogens with one attached hydrogen (secondary N) is 1. The first-order valence-electron chi connectivity index (χ1n) is 11.1. The van der Waals surface area contributed by atoms with Crippen LogP contribution >= 0.6 is 0 Å². The van der Waals surface area contributed by atoms with Gasteiger partial charge < -0.3 is 24.4 Å². The summed E-state index contributed by atoms with van der Waals surface area (Å²) in [7, 11) is 9.42. The highest BCUT2D eigenvalue weighted by Gasteiger charge is 2.59. The molecule has 3 rings (SSSR count). The average Bonchev–Trinajstić information content (AvgIpc) is 3.13. The van der Waals surface area contributed by atoms with Crippen molar-refractivity contribution in [3.63, 3.8) is 0 Å². The van der Waals surface area contributed by atoms with E-state index in [0.717, 1.165) is 11.1 Å². The van der Waals surface area contributed by atoms with E-state index in [2.05, 4.69) is 5.32 Å². The van der Waals surface area contributed by atoms with Crippen LogP contribution in [0.15, 0.2) is 60.7 Å².